The molecular formula is C18H16FN4O6-. The molecule has 2 aromatic rings. The van der Waals surface area contributed by atoms with E-state index < -0.39 is 40.5 Å². The van der Waals surface area contributed by atoms with Gasteiger partial charge in [0.15, 0.2) is 0 Å². The van der Waals surface area contributed by atoms with Crippen LogP contribution in [0.4, 0.5) is 10.1 Å². The molecule has 0 unspecified atom stereocenters. The number of benzene rings is 2. The number of nitro benzene ring substituents is 1. The second kappa shape index (κ2) is 9.78. The minimum absolute atomic E-state index is 0.0507. The van der Waals surface area contributed by atoms with Gasteiger partial charge in [-0.3, -0.25) is 19.7 Å². The molecule has 10 nitrogen and oxygen atoms in total. The van der Waals surface area contributed by atoms with Crippen molar-refractivity contribution in [3.05, 3.63) is 63.5 Å². The number of halogens is 1. The van der Waals surface area contributed by atoms with Crippen LogP contribution < -0.4 is 20.6 Å². The van der Waals surface area contributed by atoms with E-state index >= 15 is 0 Å². The maximum atomic E-state index is 13.1. The summed E-state index contributed by atoms with van der Waals surface area (Å²) in [6.45, 7) is 1.32. The molecule has 2 aromatic carbocycles. The minimum atomic E-state index is -0.863. The van der Waals surface area contributed by atoms with Gasteiger partial charge in [0.05, 0.1) is 24.3 Å². The van der Waals surface area contributed by atoms with Gasteiger partial charge in [0.1, 0.15) is 11.6 Å². The zero-order valence-corrected chi connectivity index (χ0v) is 15.2. The van der Waals surface area contributed by atoms with Crippen molar-refractivity contribution in [3.8, 4) is 11.5 Å². The summed E-state index contributed by atoms with van der Waals surface area (Å²) in [5, 5.41) is 28.8. The van der Waals surface area contributed by atoms with E-state index in [1.54, 1.807) is 6.92 Å². The number of hydrogen-bond donors (Lipinski definition) is 2. The quantitative estimate of drug-likeness (QED) is 0.383. The van der Waals surface area contributed by atoms with Crippen molar-refractivity contribution in [1.82, 2.24) is 10.7 Å². The number of carbonyl (C=O) groups is 2. The number of carbonyl (C=O) groups excluding carboxylic acids is 2. The average Bonchev–Trinajstić information content (AvgIpc) is 2.68. The first-order chi connectivity index (χ1) is 13.8. The molecule has 152 valence electrons. The normalized spacial score (nSPS) is 10.6. The van der Waals surface area contributed by atoms with Crippen LogP contribution in [0, 0.1) is 15.9 Å². The van der Waals surface area contributed by atoms with E-state index in [2.05, 4.69) is 15.8 Å². The minimum Gasteiger partial charge on any atom is -0.865 e. The largest absolute Gasteiger partial charge is 0.865 e. The van der Waals surface area contributed by atoms with Crippen molar-refractivity contribution < 1.29 is 28.7 Å². The van der Waals surface area contributed by atoms with E-state index in [0.29, 0.717) is 0 Å². The Morgan fingerprint density at radius 2 is 2.07 bits per heavy atom. The smallest absolute Gasteiger partial charge is 0.266 e. The highest BCUT2D eigenvalue weighted by molar-refractivity contribution is 5.96. The summed E-state index contributed by atoms with van der Waals surface area (Å²) in [6.07, 6.45) is 1.08. The van der Waals surface area contributed by atoms with Crippen molar-refractivity contribution in [3.63, 3.8) is 0 Å². The predicted octanol–water partition coefficient (Wildman–Crippen LogP) is 1.09. The molecule has 0 bridgehead atoms. The molecule has 11 heteroatoms. The Morgan fingerprint density at radius 3 is 2.72 bits per heavy atom. The number of rotatable bonds is 8. The van der Waals surface area contributed by atoms with Gasteiger partial charge in [0.2, 0.25) is 0 Å². The van der Waals surface area contributed by atoms with E-state index in [-0.39, 0.29) is 23.5 Å². The maximum Gasteiger partial charge on any atom is 0.266 e. The van der Waals surface area contributed by atoms with Crippen LogP contribution in [0.3, 0.4) is 0 Å². The van der Waals surface area contributed by atoms with Crippen molar-refractivity contribution >= 4 is 23.7 Å². The first-order valence-corrected chi connectivity index (χ1v) is 8.29. The second-order valence-corrected chi connectivity index (χ2v) is 5.54. The molecule has 0 heterocycles. The van der Waals surface area contributed by atoms with Gasteiger partial charge in [-0.2, -0.15) is 5.10 Å². The summed E-state index contributed by atoms with van der Waals surface area (Å²) in [5.41, 5.74) is 1.64. The zero-order chi connectivity index (χ0) is 21.4. The monoisotopic (exact) mass is 403 g/mol. The van der Waals surface area contributed by atoms with Gasteiger partial charge in [-0.15, -0.1) is 0 Å². The lowest BCUT2D eigenvalue weighted by Crippen LogP contribution is -2.34. The molecule has 2 N–H and O–H groups in total. The standard InChI is InChI=1S/C18H17FN4O6/c1-2-29-15-7-11(6-14(17(15)25)23(27)28)9-21-22-16(24)10-20-18(26)12-4-3-5-13(19)8-12/h3-9,25H,2,10H2,1H3,(H,20,26)(H,22,24)/p-1/b21-9-. The summed E-state index contributed by atoms with van der Waals surface area (Å²) in [6, 6.07) is 7.19. The van der Waals surface area contributed by atoms with E-state index in [0.717, 1.165) is 18.3 Å². The van der Waals surface area contributed by atoms with Crippen molar-refractivity contribution in [1.29, 1.82) is 0 Å². The SMILES string of the molecule is CCOc1cc(/C=N\NC(=O)CNC(=O)c2cccc(F)c2)cc([N+](=O)[O-])c1[O-]. The van der Waals surface area contributed by atoms with Crippen molar-refractivity contribution in [2.45, 2.75) is 6.92 Å². The van der Waals surface area contributed by atoms with Gasteiger partial charge in [0, 0.05) is 22.9 Å². The number of hydrazone groups is 1. The van der Waals surface area contributed by atoms with Crippen LogP contribution in [-0.4, -0.2) is 36.1 Å². The van der Waals surface area contributed by atoms with Crippen molar-refractivity contribution in [2.24, 2.45) is 5.10 Å². The Bertz CT molecular complexity index is 963. The molecule has 2 amide bonds. The molecule has 0 radical (unpaired) electrons. The molecule has 0 aromatic heterocycles. The molecular weight excluding hydrogens is 387 g/mol. The summed E-state index contributed by atoms with van der Waals surface area (Å²) in [7, 11) is 0. The first-order valence-electron chi connectivity index (χ1n) is 8.29. The molecule has 0 saturated carbocycles. The molecule has 0 aliphatic carbocycles. The Labute approximate surface area is 164 Å². The van der Waals surface area contributed by atoms with E-state index in [4.69, 9.17) is 4.74 Å². The summed E-state index contributed by atoms with van der Waals surface area (Å²) >= 11 is 0. The highest BCUT2D eigenvalue weighted by Crippen LogP contribution is 2.34. The third-order valence-corrected chi connectivity index (χ3v) is 3.45. The number of nitro groups is 1. The molecule has 2 rings (SSSR count). The van der Waals surface area contributed by atoms with Crippen LogP contribution in [0.1, 0.15) is 22.8 Å². The summed E-state index contributed by atoms with van der Waals surface area (Å²) < 4.78 is 18.2. The van der Waals surface area contributed by atoms with Crippen LogP contribution >= 0.6 is 0 Å². The van der Waals surface area contributed by atoms with Gasteiger partial charge < -0.3 is 15.2 Å². The number of nitrogens with one attached hydrogen (secondary N) is 2. The molecule has 0 spiro atoms. The van der Waals surface area contributed by atoms with E-state index in [1.807, 2.05) is 0 Å². The molecule has 29 heavy (non-hydrogen) atoms. The molecule has 0 aliphatic rings. The van der Waals surface area contributed by atoms with Crippen LogP contribution in [0.15, 0.2) is 41.5 Å². The van der Waals surface area contributed by atoms with Gasteiger partial charge in [0.25, 0.3) is 17.5 Å². The number of ether oxygens (including phenoxy) is 1. The molecule has 0 fully saturated rings. The summed E-state index contributed by atoms with van der Waals surface area (Å²) in [5.74, 6) is -3.00. The lowest BCUT2D eigenvalue weighted by molar-refractivity contribution is -0.398. The molecule has 0 saturated heterocycles. The maximum absolute atomic E-state index is 13.1. The van der Waals surface area contributed by atoms with Gasteiger partial charge in [-0.25, -0.2) is 9.82 Å². The number of nitrogens with zero attached hydrogens (tertiary/aromatic N) is 2. The first kappa shape index (κ1) is 21.3. The Balaban J connectivity index is 1.97. The van der Waals surface area contributed by atoms with Crippen molar-refractivity contribution in [2.75, 3.05) is 13.2 Å². The average molecular weight is 403 g/mol. The number of amides is 2. The summed E-state index contributed by atoms with van der Waals surface area (Å²) in [4.78, 5) is 33.7. The van der Waals surface area contributed by atoms with Gasteiger partial charge in [-0.05, 0) is 31.2 Å². The fraction of sp³-hybridized carbons (Fsp3) is 0.167. The topological polar surface area (TPSA) is 146 Å². The highest BCUT2D eigenvalue weighted by atomic mass is 19.1. The fourth-order valence-electron chi connectivity index (χ4n) is 2.19. The third-order valence-electron chi connectivity index (χ3n) is 3.45. The lowest BCUT2D eigenvalue weighted by Gasteiger charge is -2.14. The Hall–Kier alpha value is -4.02. The molecule has 0 atom stereocenters. The van der Waals surface area contributed by atoms with E-state index in [1.165, 1.54) is 24.3 Å². The highest BCUT2D eigenvalue weighted by Gasteiger charge is 2.13. The Kier molecular flexibility index (Phi) is 7.18. The third kappa shape index (κ3) is 5.99. The van der Waals surface area contributed by atoms with Crippen LogP contribution in [-0.2, 0) is 4.79 Å². The van der Waals surface area contributed by atoms with E-state index in [9.17, 15) is 29.2 Å². The van der Waals surface area contributed by atoms with Gasteiger partial charge in [-0.1, -0.05) is 6.07 Å². The molecule has 0 aliphatic heterocycles. The predicted molar refractivity (Wildman–Crippen MR) is 98.2 cm³/mol. The van der Waals surface area contributed by atoms with Crippen LogP contribution in [0.2, 0.25) is 0 Å². The second-order valence-electron chi connectivity index (χ2n) is 5.54. The Morgan fingerprint density at radius 1 is 1.31 bits per heavy atom. The number of hydrogen-bond acceptors (Lipinski definition) is 7. The van der Waals surface area contributed by atoms with Gasteiger partial charge >= 0.3 is 0 Å². The van der Waals surface area contributed by atoms with Crippen LogP contribution in [0.5, 0.6) is 11.5 Å². The van der Waals surface area contributed by atoms with Crippen LogP contribution in [0.25, 0.3) is 0 Å². The zero-order valence-electron chi connectivity index (χ0n) is 15.2. The lowest BCUT2D eigenvalue weighted by atomic mass is 10.2. The fourth-order valence-corrected chi connectivity index (χ4v) is 2.19.